The summed E-state index contributed by atoms with van der Waals surface area (Å²) in [5.41, 5.74) is 2.37. The summed E-state index contributed by atoms with van der Waals surface area (Å²) in [6.07, 6.45) is 2.75. The third kappa shape index (κ3) is 6.03. The molecule has 5 nitrogen and oxygen atoms in total. The number of anilines is 1. The fourth-order valence-electron chi connectivity index (χ4n) is 2.67. The van der Waals surface area contributed by atoms with Gasteiger partial charge in [-0.2, -0.15) is 0 Å². The summed E-state index contributed by atoms with van der Waals surface area (Å²) in [5, 5.41) is 6.67. The number of nitrogens with one attached hydrogen (secondary N) is 2. The Balaban J connectivity index is 1.47. The van der Waals surface area contributed by atoms with Gasteiger partial charge in [0.05, 0.1) is 0 Å². The second-order valence-electron chi connectivity index (χ2n) is 6.23. The van der Waals surface area contributed by atoms with Gasteiger partial charge in [-0.1, -0.05) is 35.9 Å². The average Bonchev–Trinajstić information content (AvgIpc) is 2.70. The highest BCUT2D eigenvalue weighted by Crippen LogP contribution is 2.11. The van der Waals surface area contributed by atoms with Crippen LogP contribution >= 0.6 is 11.6 Å². The van der Waals surface area contributed by atoms with Crippen LogP contribution in [0.1, 0.15) is 21.6 Å². The molecule has 7 heteroatoms. The first-order valence-electron chi connectivity index (χ1n) is 8.93. The second kappa shape index (κ2) is 9.80. The molecule has 1 heterocycles. The highest BCUT2D eigenvalue weighted by atomic mass is 35.5. The topological polar surface area (TPSA) is 66.9 Å². The molecule has 0 aliphatic heterocycles. The standard InChI is InChI=1S/C21H20ClFN4O/c22-17-3-1-2-16(12-17)9-11-25-21(28)19-13-20(27-14-26-19)24-10-8-15-4-6-18(23)7-5-15/h1-7,12-14H,8-11H2,(H,25,28)(H,24,26,27). The van der Waals surface area contributed by atoms with Crippen LogP contribution in [0.15, 0.2) is 60.9 Å². The Morgan fingerprint density at radius 3 is 2.54 bits per heavy atom. The molecule has 28 heavy (non-hydrogen) atoms. The van der Waals surface area contributed by atoms with Gasteiger partial charge in [0.25, 0.3) is 5.91 Å². The van der Waals surface area contributed by atoms with Crippen LogP contribution in [0.5, 0.6) is 0 Å². The van der Waals surface area contributed by atoms with E-state index in [2.05, 4.69) is 20.6 Å². The Morgan fingerprint density at radius 2 is 1.75 bits per heavy atom. The lowest BCUT2D eigenvalue weighted by molar-refractivity contribution is 0.0949. The monoisotopic (exact) mass is 398 g/mol. The summed E-state index contributed by atoms with van der Waals surface area (Å²) in [6, 6.07) is 15.5. The van der Waals surface area contributed by atoms with Crippen LogP contribution in [-0.2, 0) is 12.8 Å². The third-order valence-electron chi connectivity index (χ3n) is 4.12. The smallest absolute Gasteiger partial charge is 0.270 e. The molecule has 144 valence electrons. The lowest BCUT2D eigenvalue weighted by Gasteiger charge is -2.08. The van der Waals surface area contributed by atoms with E-state index in [1.165, 1.54) is 18.5 Å². The minimum absolute atomic E-state index is 0.251. The molecule has 3 rings (SSSR count). The Hall–Kier alpha value is -2.99. The Morgan fingerprint density at radius 1 is 0.964 bits per heavy atom. The van der Waals surface area contributed by atoms with Crippen LogP contribution < -0.4 is 10.6 Å². The van der Waals surface area contributed by atoms with Crippen molar-refractivity contribution in [2.45, 2.75) is 12.8 Å². The predicted molar refractivity (Wildman–Crippen MR) is 108 cm³/mol. The maximum Gasteiger partial charge on any atom is 0.270 e. The van der Waals surface area contributed by atoms with Gasteiger partial charge >= 0.3 is 0 Å². The number of carbonyl (C=O) groups excluding carboxylic acids is 1. The number of rotatable bonds is 8. The molecule has 2 aromatic carbocycles. The van der Waals surface area contributed by atoms with Crippen molar-refractivity contribution in [3.05, 3.63) is 88.6 Å². The van der Waals surface area contributed by atoms with E-state index in [1.54, 1.807) is 18.2 Å². The van der Waals surface area contributed by atoms with Crippen LogP contribution in [0.25, 0.3) is 0 Å². The number of aromatic nitrogens is 2. The molecular formula is C21H20ClFN4O. The first-order valence-corrected chi connectivity index (χ1v) is 9.31. The maximum absolute atomic E-state index is 12.9. The predicted octanol–water partition coefficient (Wildman–Crippen LogP) is 3.90. The molecule has 0 spiro atoms. The van der Waals surface area contributed by atoms with Gasteiger partial charge in [-0.25, -0.2) is 14.4 Å². The SMILES string of the molecule is O=C(NCCc1cccc(Cl)c1)c1cc(NCCc2ccc(F)cc2)ncn1. The van der Waals surface area contributed by atoms with E-state index in [-0.39, 0.29) is 11.7 Å². The second-order valence-corrected chi connectivity index (χ2v) is 6.66. The van der Waals surface area contributed by atoms with Gasteiger partial charge in [0.2, 0.25) is 0 Å². The Kier molecular flexibility index (Phi) is 6.92. The van der Waals surface area contributed by atoms with Crippen molar-refractivity contribution in [3.63, 3.8) is 0 Å². The molecule has 1 amide bonds. The number of hydrogen-bond donors (Lipinski definition) is 2. The molecule has 0 bridgehead atoms. The van der Waals surface area contributed by atoms with Gasteiger partial charge in [0.15, 0.2) is 0 Å². The van der Waals surface area contributed by atoms with E-state index in [0.717, 1.165) is 11.1 Å². The van der Waals surface area contributed by atoms with Crippen LogP contribution in [0.2, 0.25) is 5.02 Å². The van der Waals surface area contributed by atoms with Gasteiger partial charge in [-0.05, 0) is 48.2 Å². The van der Waals surface area contributed by atoms with E-state index in [1.807, 2.05) is 24.3 Å². The lowest BCUT2D eigenvalue weighted by Crippen LogP contribution is -2.26. The minimum Gasteiger partial charge on any atom is -0.370 e. The van der Waals surface area contributed by atoms with Gasteiger partial charge in [-0.3, -0.25) is 4.79 Å². The fourth-order valence-corrected chi connectivity index (χ4v) is 2.88. The van der Waals surface area contributed by atoms with E-state index < -0.39 is 0 Å². The summed E-state index contributed by atoms with van der Waals surface area (Å²) in [7, 11) is 0. The van der Waals surface area contributed by atoms with Crippen molar-refractivity contribution in [1.82, 2.24) is 15.3 Å². The third-order valence-corrected chi connectivity index (χ3v) is 4.36. The summed E-state index contributed by atoms with van der Waals surface area (Å²) in [5.74, 6) is 0.0571. The summed E-state index contributed by atoms with van der Waals surface area (Å²) in [6.45, 7) is 1.09. The first kappa shape index (κ1) is 19.8. The molecule has 0 fully saturated rings. The van der Waals surface area contributed by atoms with E-state index in [9.17, 15) is 9.18 Å². The molecule has 0 radical (unpaired) electrons. The molecule has 1 aromatic heterocycles. The summed E-state index contributed by atoms with van der Waals surface area (Å²) in [4.78, 5) is 20.4. The number of hydrogen-bond acceptors (Lipinski definition) is 4. The molecule has 0 aliphatic rings. The fraction of sp³-hybridized carbons (Fsp3) is 0.190. The number of benzene rings is 2. The number of carbonyl (C=O) groups is 1. The molecule has 0 saturated heterocycles. The van der Waals surface area contributed by atoms with Crippen molar-refractivity contribution < 1.29 is 9.18 Å². The van der Waals surface area contributed by atoms with Gasteiger partial charge in [-0.15, -0.1) is 0 Å². The summed E-state index contributed by atoms with van der Waals surface area (Å²) >= 11 is 5.96. The molecule has 3 aromatic rings. The maximum atomic E-state index is 12.9. The van der Waals surface area contributed by atoms with Gasteiger partial charge < -0.3 is 10.6 Å². The zero-order valence-electron chi connectivity index (χ0n) is 15.2. The number of amides is 1. The normalized spacial score (nSPS) is 10.5. The molecule has 0 unspecified atom stereocenters. The van der Waals surface area contributed by atoms with E-state index >= 15 is 0 Å². The molecule has 0 saturated carbocycles. The van der Waals surface area contributed by atoms with Crippen molar-refractivity contribution in [2.24, 2.45) is 0 Å². The average molecular weight is 399 g/mol. The minimum atomic E-state index is -0.258. The van der Waals surface area contributed by atoms with Crippen LogP contribution in [0.3, 0.4) is 0 Å². The molecule has 0 atom stereocenters. The highest BCUT2D eigenvalue weighted by Gasteiger charge is 2.08. The van der Waals surface area contributed by atoms with Crippen LogP contribution in [-0.4, -0.2) is 29.0 Å². The Bertz CT molecular complexity index is 934. The number of nitrogens with zero attached hydrogens (tertiary/aromatic N) is 2. The zero-order valence-corrected chi connectivity index (χ0v) is 15.9. The summed E-state index contributed by atoms with van der Waals surface area (Å²) < 4.78 is 12.9. The quantitative estimate of drug-likeness (QED) is 0.604. The largest absolute Gasteiger partial charge is 0.370 e. The van der Waals surface area contributed by atoms with Crippen LogP contribution in [0, 0.1) is 5.82 Å². The first-order chi connectivity index (χ1) is 13.6. The number of halogens is 2. The van der Waals surface area contributed by atoms with Gasteiger partial charge in [0.1, 0.15) is 23.7 Å². The molecule has 0 aliphatic carbocycles. The van der Waals surface area contributed by atoms with Crippen molar-refractivity contribution in [3.8, 4) is 0 Å². The molecular weight excluding hydrogens is 379 g/mol. The van der Waals surface area contributed by atoms with Crippen molar-refractivity contribution >= 4 is 23.3 Å². The van der Waals surface area contributed by atoms with E-state index in [0.29, 0.717) is 42.5 Å². The highest BCUT2D eigenvalue weighted by molar-refractivity contribution is 6.30. The van der Waals surface area contributed by atoms with Gasteiger partial charge in [0, 0.05) is 24.2 Å². The zero-order chi connectivity index (χ0) is 19.8. The Labute approximate surface area is 168 Å². The van der Waals surface area contributed by atoms with Crippen molar-refractivity contribution in [2.75, 3.05) is 18.4 Å². The molecule has 2 N–H and O–H groups in total. The van der Waals surface area contributed by atoms with Crippen molar-refractivity contribution in [1.29, 1.82) is 0 Å². The van der Waals surface area contributed by atoms with E-state index in [4.69, 9.17) is 11.6 Å². The lowest BCUT2D eigenvalue weighted by atomic mass is 10.1. The van der Waals surface area contributed by atoms with Crippen LogP contribution in [0.4, 0.5) is 10.2 Å².